The van der Waals surface area contributed by atoms with E-state index in [1.54, 1.807) is 0 Å². The average molecular weight is 324 g/mol. The summed E-state index contributed by atoms with van der Waals surface area (Å²) in [6, 6.07) is 0. The second kappa shape index (κ2) is 13.5. The number of hydrogen-bond acceptors (Lipinski definition) is 4. The van der Waals surface area contributed by atoms with Crippen LogP contribution in [0.15, 0.2) is 0 Å². The first kappa shape index (κ1) is 19.5. The van der Waals surface area contributed by atoms with Gasteiger partial charge in [-0.2, -0.15) is 0 Å². The predicted octanol–water partition coefficient (Wildman–Crippen LogP) is -0.0599. The van der Waals surface area contributed by atoms with Crippen molar-refractivity contribution in [3.63, 3.8) is 0 Å². The van der Waals surface area contributed by atoms with E-state index in [4.69, 9.17) is 19.0 Å². The van der Waals surface area contributed by atoms with Crippen molar-refractivity contribution in [3.8, 4) is 0 Å². The molecule has 0 unspecified atom stereocenters. The van der Waals surface area contributed by atoms with Gasteiger partial charge in [-0.15, -0.1) is 0 Å². The van der Waals surface area contributed by atoms with Crippen LogP contribution in [0.3, 0.4) is 0 Å². The highest BCUT2D eigenvalue weighted by Crippen LogP contribution is 2.30. The molecule has 0 radical (unpaired) electrons. The summed E-state index contributed by atoms with van der Waals surface area (Å²) in [5, 5.41) is 0. The maximum atomic E-state index is 5.87. The van der Waals surface area contributed by atoms with Gasteiger partial charge in [0.15, 0.2) is 29.3 Å². The highest BCUT2D eigenvalue weighted by molar-refractivity contribution is 6.74. The number of rotatable bonds is 14. The van der Waals surface area contributed by atoms with E-state index in [1.165, 1.54) is 19.3 Å². The van der Waals surface area contributed by atoms with Crippen LogP contribution in [-0.4, -0.2) is 55.7 Å². The first-order chi connectivity index (χ1) is 9.24. The zero-order valence-corrected chi connectivity index (χ0v) is 17.3. The summed E-state index contributed by atoms with van der Waals surface area (Å²) in [6.45, 7) is 9.62. The van der Waals surface area contributed by atoms with E-state index in [1.807, 2.05) is 0 Å². The topological polar surface area (TPSA) is 53.7 Å². The SMILES string of the molecule is CCO[SiH2]C(CCCCCN)([SiH2]OCC)[SiH2]OCC. The van der Waals surface area contributed by atoms with Crippen LogP contribution in [0, 0.1) is 0 Å². The summed E-state index contributed by atoms with van der Waals surface area (Å²) < 4.78 is 18.0. The minimum atomic E-state index is -0.514. The smallest absolute Gasteiger partial charge is 0.165 e. The third-order valence-electron chi connectivity index (χ3n) is 3.25. The molecule has 0 amide bonds. The van der Waals surface area contributed by atoms with E-state index in [2.05, 4.69) is 20.8 Å². The Kier molecular flexibility index (Phi) is 13.8. The minimum Gasteiger partial charge on any atom is -0.424 e. The van der Waals surface area contributed by atoms with Crippen molar-refractivity contribution in [1.29, 1.82) is 0 Å². The number of hydrogen-bond donors (Lipinski definition) is 1. The van der Waals surface area contributed by atoms with Crippen LogP contribution in [0.4, 0.5) is 0 Å². The molecule has 0 aliphatic heterocycles. The van der Waals surface area contributed by atoms with Crippen molar-refractivity contribution in [3.05, 3.63) is 0 Å². The molecule has 0 heterocycles. The average Bonchev–Trinajstić information content (AvgIpc) is 2.44. The van der Waals surface area contributed by atoms with Gasteiger partial charge in [-0.1, -0.05) is 12.8 Å². The lowest BCUT2D eigenvalue weighted by Crippen LogP contribution is -2.38. The Labute approximate surface area is 126 Å². The normalized spacial score (nSPS) is 16.4. The van der Waals surface area contributed by atoms with Gasteiger partial charge in [-0.25, -0.2) is 0 Å². The van der Waals surface area contributed by atoms with Gasteiger partial charge in [-0.05, 0) is 40.2 Å². The Bertz CT molecular complexity index is 177. The zero-order chi connectivity index (χ0) is 14.4. The molecule has 116 valence electrons. The predicted molar refractivity (Wildman–Crippen MR) is 90.7 cm³/mol. The Morgan fingerprint density at radius 2 is 1.26 bits per heavy atom. The fraction of sp³-hybridized carbons (Fsp3) is 1.00. The fourth-order valence-electron chi connectivity index (χ4n) is 2.12. The molecule has 0 rings (SSSR count). The van der Waals surface area contributed by atoms with Gasteiger partial charge >= 0.3 is 0 Å². The van der Waals surface area contributed by atoms with Gasteiger partial charge in [-0.3, -0.25) is 0 Å². The number of unbranched alkanes of at least 4 members (excludes halogenated alkanes) is 2. The summed E-state index contributed by atoms with van der Waals surface area (Å²) >= 11 is 0. The molecular weight excluding hydrogens is 290 g/mol. The molecule has 0 aromatic rings. The van der Waals surface area contributed by atoms with Gasteiger partial charge in [0.05, 0.1) is 0 Å². The fourth-order valence-corrected chi connectivity index (χ4v) is 8.81. The lowest BCUT2D eigenvalue weighted by atomic mass is 10.2. The molecule has 0 saturated heterocycles. The van der Waals surface area contributed by atoms with Crippen LogP contribution in [-0.2, 0) is 13.3 Å². The first-order valence-corrected chi connectivity index (χ1v) is 11.5. The van der Waals surface area contributed by atoms with Crippen molar-refractivity contribution in [2.45, 2.75) is 50.7 Å². The van der Waals surface area contributed by atoms with Crippen molar-refractivity contribution in [1.82, 2.24) is 0 Å². The molecule has 0 saturated carbocycles. The largest absolute Gasteiger partial charge is 0.424 e. The lowest BCUT2D eigenvalue weighted by Gasteiger charge is -2.31. The molecule has 0 aromatic carbocycles. The second-order valence-electron chi connectivity index (χ2n) is 5.01. The van der Waals surface area contributed by atoms with E-state index in [0.29, 0.717) is 4.28 Å². The molecule has 2 N–H and O–H groups in total. The van der Waals surface area contributed by atoms with Crippen LogP contribution in [0.2, 0.25) is 4.28 Å². The molecule has 0 bridgehead atoms. The first-order valence-electron chi connectivity index (χ1n) is 7.68. The van der Waals surface area contributed by atoms with Crippen LogP contribution in [0.25, 0.3) is 0 Å². The Morgan fingerprint density at radius 3 is 1.63 bits per heavy atom. The summed E-state index contributed by atoms with van der Waals surface area (Å²) in [5.74, 6) is 0. The van der Waals surface area contributed by atoms with E-state index in [9.17, 15) is 0 Å². The molecule has 4 nitrogen and oxygen atoms in total. The van der Waals surface area contributed by atoms with Gasteiger partial charge in [0.2, 0.25) is 0 Å². The highest BCUT2D eigenvalue weighted by Gasteiger charge is 2.33. The molecule has 0 fully saturated rings. The van der Waals surface area contributed by atoms with E-state index < -0.39 is 29.3 Å². The molecule has 19 heavy (non-hydrogen) atoms. The molecule has 0 aliphatic carbocycles. The minimum absolute atomic E-state index is 0.413. The maximum absolute atomic E-state index is 5.87. The van der Waals surface area contributed by atoms with Gasteiger partial charge in [0.1, 0.15) is 0 Å². The molecule has 0 atom stereocenters. The quantitative estimate of drug-likeness (QED) is 0.359. The van der Waals surface area contributed by atoms with Crippen LogP contribution in [0.1, 0.15) is 46.5 Å². The zero-order valence-electron chi connectivity index (χ0n) is 13.1. The number of nitrogens with two attached hydrogens (primary N) is 1. The van der Waals surface area contributed by atoms with E-state index >= 15 is 0 Å². The van der Waals surface area contributed by atoms with Crippen LogP contribution < -0.4 is 5.73 Å². The standard InChI is InChI=1S/C12H33NO3Si3/c1-4-14-17-12(18-15-5-2,19-16-6-3)10-8-7-9-11-13/h4-11,13,17-19H2,1-3H3. The Hall–Kier alpha value is 0.491. The van der Waals surface area contributed by atoms with Gasteiger partial charge in [0.25, 0.3) is 0 Å². The Balaban J connectivity index is 4.38. The van der Waals surface area contributed by atoms with Crippen molar-refractivity contribution in [2.75, 3.05) is 26.4 Å². The van der Waals surface area contributed by atoms with Crippen molar-refractivity contribution in [2.24, 2.45) is 5.73 Å². The van der Waals surface area contributed by atoms with Crippen molar-refractivity contribution < 1.29 is 13.3 Å². The third-order valence-corrected chi connectivity index (χ3v) is 11.7. The third kappa shape index (κ3) is 9.94. The summed E-state index contributed by atoms with van der Waals surface area (Å²) in [4.78, 5) is 0. The Morgan fingerprint density at radius 1 is 0.789 bits per heavy atom. The van der Waals surface area contributed by atoms with Gasteiger partial charge < -0.3 is 19.0 Å². The van der Waals surface area contributed by atoms with Crippen LogP contribution in [0.5, 0.6) is 0 Å². The summed E-state index contributed by atoms with van der Waals surface area (Å²) in [6.07, 6.45) is 4.90. The van der Waals surface area contributed by atoms with Gasteiger partial charge in [0, 0.05) is 24.1 Å². The molecular formula is C12H33NO3Si3. The molecule has 7 heteroatoms. The lowest BCUT2D eigenvalue weighted by molar-refractivity contribution is 0.313. The van der Waals surface area contributed by atoms with Crippen molar-refractivity contribution >= 4 is 29.3 Å². The maximum Gasteiger partial charge on any atom is 0.165 e. The molecule has 0 aliphatic rings. The second-order valence-corrected chi connectivity index (χ2v) is 14.6. The summed E-state index contributed by atoms with van der Waals surface area (Å²) in [5.41, 5.74) is 5.57. The monoisotopic (exact) mass is 323 g/mol. The van der Waals surface area contributed by atoms with E-state index in [-0.39, 0.29) is 0 Å². The van der Waals surface area contributed by atoms with Crippen LogP contribution >= 0.6 is 0 Å². The molecule has 0 spiro atoms. The van der Waals surface area contributed by atoms with E-state index in [0.717, 1.165) is 32.8 Å². The molecule has 0 aromatic heterocycles. The summed E-state index contributed by atoms with van der Waals surface area (Å²) in [7, 11) is -1.54. The highest BCUT2D eigenvalue weighted by atomic mass is 28.4.